The Morgan fingerprint density at radius 1 is 1.05 bits per heavy atom. The minimum Gasteiger partial charge on any atom is -0.397 e. The van der Waals surface area contributed by atoms with E-state index >= 15 is 0 Å². The van der Waals surface area contributed by atoms with Crippen molar-refractivity contribution in [2.45, 2.75) is 13.8 Å². The highest BCUT2D eigenvalue weighted by Gasteiger charge is 2.14. The van der Waals surface area contributed by atoms with Crippen molar-refractivity contribution in [2.24, 2.45) is 0 Å². The molecule has 6 heteroatoms. The lowest BCUT2D eigenvalue weighted by Crippen LogP contribution is -1.96. The quantitative estimate of drug-likeness (QED) is 0.542. The van der Waals surface area contributed by atoms with Gasteiger partial charge in [-0.15, -0.1) is 0 Å². The van der Waals surface area contributed by atoms with Gasteiger partial charge in [0.2, 0.25) is 0 Å². The van der Waals surface area contributed by atoms with E-state index in [4.69, 9.17) is 10.4 Å². The van der Waals surface area contributed by atoms with Crippen LogP contribution in [0.4, 0.5) is 5.69 Å². The molecule has 21 heavy (non-hydrogen) atoms. The predicted molar refractivity (Wildman–Crippen MR) is 80.3 cm³/mol. The highest BCUT2D eigenvalue weighted by atomic mass is 16.6. The molecule has 2 N–H and O–H groups in total. The van der Waals surface area contributed by atoms with Gasteiger partial charge in [0.1, 0.15) is 6.33 Å². The maximum absolute atomic E-state index is 5.89. The van der Waals surface area contributed by atoms with Gasteiger partial charge in [0.25, 0.3) is 0 Å². The molecule has 2 heterocycles. The molecule has 0 amide bonds. The zero-order chi connectivity index (χ0) is 14.6. The molecule has 0 saturated heterocycles. The summed E-state index contributed by atoms with van der Waals surface area (Å²) in [5, 5.41) is 7.82. The number of nitrogens with zero attached hydrogens (tertiary/aromatic N) is 4. The van der Waals surface area contributed by atoms with Gasteiger partial charge in [-0.25, -0.2) is 9.61 Å². The van der Waals surface area contributed by atoms with Crippen molar-refractivity contribution < 1.29 is 4.63 Å². The zero-order valence-corrected chi connectivity index (χ0v) is 11.7. The molecular weight excluding hydrogens is 266 g/mol. The van der Waals surface area contributed by atoms with Crippen LogP contribution in [0.25, 0.3) is 27.8 Å². The second-order valence-electron chi connectivity index (χ2n) is 5.18. The van der Waals surface area contributed by atoms with Gasteiger partial charge >= 0.3 is 0 Å². The number of aryl methyl sites for hydroxylation is 2. The lowest BCUT2D eigenvalue weighted by molar-refractivity contribution is 0.315. The van der Waals surface area contributed by atoms with Crippen LogP contribution in [0.2, 0.25) is 0 Å². The van der Waals surface area contributed by atoms with E-state index in [1.807, 2.05) is 10.6 Å². The Hall–Kier alpha value is -2.89. The standard InChI is InChI=1S/C15H13N5O/c1-8-5-11-13(6-9(8)2)20(7-17-11)12-4-3-10(16)14-15(12)19-21-18-14/h3-7H,16H2,1-2H3. The third-order valence-electron chi connectivity index (χ3n) is 3.85. The topological polar surface area (TPSA) is 82.8 Å². The first-order valence-corrected chi connectivity index (χ1v) is 6.60. The number of imidazole rings is 1. The average molecular weight is 279 g/mol. The number of nitrogen functional groups attached to an aromatic ring is 1. The van der Waals surface area contributed by atoms with Gasteiger partial charge in [0.05, 0.1) is 22.4 Å². The minimum atomic E-state index is 0.548. The molecule has 2 aromatic heterocycles. The van der Waals surface area contributed by atoms with Crippen molar-refractivity contribution in [1.29, 1.82) is 0 Å². The second kappa shape index (κ2) is 4.05. The number of hydrogen-bond acceptors (Lipinski definition) is 5. The highest BCUT2D eigenvalue weighted by Crippen LogP contribution is 2.28. The van der Waals surface area contributed by atoms with Gasteiger partial charge in [-0.2, -0.15) is 0 Å². The van der Waals surface area contributed by atoms with E-state index in [0.29, 0.717) is 16.7 Å². The number of aromatic nitrogens is 4. The fourth-order valence-corrected chi connectivity index (χ4v) is 2.52. The van der Waals surface area contributed by atoms with Crippen molar-refractivity contribution >= 4 is 27.8 Å². The van der Waals surface area contributed by atoms with Crippen LogP contribution in [0.3, 0.4) is 0 Å². The van der Waals surface area contributed by atoms with Crippen LogP contribution in [0, 0.1) is 13.8 Å². The van der Waals surface area contributed by atoms with E-state index in [1.165, 1.54) is 11.1 Å². The van der Waals surface area contributed by atoms with Crippen LogP contribution in [0.1, 0.15) is 11.1 Å². The number of hydrogen-bond donors (Lipinski definition) is 1. The third-order valence-corrected chi connectivity index (χ3v) is 3.85. The largest absolute Gasteiger partial charge is 0.397 e. The van der Waals surface area contributed by atoms with Crippen LogP contribution in [0.15, 0.2) is 35.2 Å². The maximum Gasteiger partial charge on any atom is 0.161 e. The van der Waals surface area contributed by atoms with Crippen LogP contribution >= 0.6 is 0 Å². The lowest BCUT2D eigenvalue weighted by atomic mass is 10.1. The van der Waals surface area contributed by atoms with Gasteiger partial charge in [0, 0.05) is 0 Å². The molecule has 0 unspecified atom stereocenters. The Morgan fingerprint density at radius 3 is 2.67 bits per heavy atom. The first kappa shape index (κ1) is 11.9. The number of benzene rings is 2. The van der Waals surface area contributed by atoms with Crippen LogP contribution in [-0.4, -0.2) is 19.9 Å². The van der Waals surface area contributed by atoms with Gasteiger partial charge in [-0.3, -0.25) is 4.57 Å². The highest BCUT2D eigenvalue weighted by molar-refractivity contribution is 5.93. The Kier molecular flexibility index (Phi) is 2.29. The van der Waals surface area contributed by atoms with Gasteiger partial charge in [-0.1, -0.05) is 0 Å². The molecular formula is C15H13N5O. The monoisotopic (exact) mass is 279 g/mol. The van der Waals surface area contributed by atoms with Crippen molar-refractivity contribution in [1.82, 2.24) is 19.9 Å². The third kappa shape index (κ3) is 1.62. The summed E-state index contributed by atoms with van der Waals surface area (Å²) in [6.45, 7) is 4.17. The molecule has 0 fully saturated rings. The number of rotatable bonds is 1. The summed E-state index contributed by atoms with van der Waals surface area (Å²) in [6, 6.07) is 7.90. The van der Waals surface area contributed by atoms with Crippen molar-refractivity contribution in [3.8, 4) is 5.69 Å². The summed E-state index contributed by atoms with van der Waals surface area (Å²) in [5.41, 5.74) is 12.9. The summed E-state index contributed by atoms with van der Waals surface area (Å²) in [6.07, 6.45) is 1.78. The van der Waals surface area contributed by atoms with Gasteiger partial charge in [-0.05, 0) is 59.6 Å². The summed E-state index contributed by atoms with van der Waals surface area (Å²) < 4.78 is 6.81. The molecule has 4 aromatic rings. The fourth-order valence-electron chi connectivity index (χ4n) is 2.52. The SMILES string of the molecule is Cc1cc2ncn(-c3ccc(N)c4nonc34)c2cc1C. The van der Waals surface area contributed by atoms with Crippen molar-refractivity contribution in [2.75, 3.05) is 5.73 Å². The number of anilines is 1. The summed E-state index contributed by atoms with van der Waals surface area (Å²) >= 11 is 0. The van der Waals surface area contributed by atoms with Crippen molar-refractivity contribution in [3.63, 3.8) is 0 Å². The molecule has 0 aliphatic carbocycles. The smallest absolute Gasteiger partial charge is 0.161 e. The van der Waals surface area contributed by atoms with E-state index < -0.39 is 0 Å². The van der Waals surface area contributed by atoms with Gasteiger partial charge < -0.3 is 5.73 Å². The predicted octanol–water partition coefficient (Wildman–Crippen LogP) is 2.76. The molecule has 2 aromatic carbocycles. The second-order valence-corrected chi connectivity index (χ2v) is 5.18. The van der Waals surface area contributed by atoms with Crippen molar-refractivity contribution in [3.05, 3.63) is 41.7 Å². The minimum absolute atomic E-state index is 0.548. The first-order valence-electron chi connectivity index (χ1n) is 6.60. The van der Waals surface area contributed by atoms with E-state index in [0.717, 1.165) is 16.7 Å². The molecule has 4 rings (SSSR count). The molecule has 0 spiro atoms. The van der Waals surface area contributed by atoms with Crippen LogP contribution in [-0.2, 0) is 0 Å². The van der Waals surface area contributed by atoms with E-state index in [9.17, 15) is 0 Å². The number of nitrogens with two attached hydrogens (primary N) is 1. The number of fused-ring (bicyclic) bond motifs is 2. The molecule has 104 valence electrons. The Bertz CT molecular complexity index is 982. The molecule has 6 nitrogen and oxygen atoms in total. The maximum atomic E-state index is 5.89. The van der Waals surface area contributed by atoms with Gasteiger partial charge in [0.15, 0.2) is 11.0 Å². The Balaban J connectivity index is 2.07. The lowest BCUT2D eigenvalue weighted by Gasteiger charge is -2.06. The average Bonchev–Trinajstić information content (AvgIpc) is 3.08. The molecule has 0 aliphatic rings. The first-order chi connectivity index (χ1) is 10.1. The molecule has 0 aliphatic heterocycles. The van der Waals surface area contributed by atoms with E-state index in [-0.39, 0.29) is 0 Å². The summed E-state index contributed by atoms with van der Waals surface area (Å²) in [4.78, 5) is 4.46. The van der Waals surface area contributed by atoms with Crippen LogP contribution < -0.4 is 5.73 Å². The Morgan fingerprint density at radius 2 is 1.81 bits per heavy atom. The molecule has 0 saturated carbocycles. The molecule has 0 bridgehead atoms. The molecule has 0 radical (unpaired) electrons. The summed E-state index contributed by atoms with van der Waals surface area (Å²) in [5.74, 6) is 0. The van der Waals surface area contributed by atoms with E-state index in [2.05, 4.69) is 41.3 Å². The molecule has 0 atom stereocenters. The van der Waals surface area contributed by atoms with E-state index in [1.54, 1.807) is 12.4 Å². The summed E-state index contributed by atoms with van der Waals surface area (Å²) in [7, 11) is 0. The fraction of sp³-hybridized carbons (Fsp3) is 0.133. The normalized spacial score (nSPS) is 11.5. The van der Waals surface area contributed by atoms with Crippen LogP contribution in [0.5, 0.6) is 0 Å². The zero-order valence-electron chi connectivity index (χ0n) is 11.7. The Labute approximate surface area is 120 Å².